The van der Waals surface area contributed by atoms with Crippen molar-refractivity contribution in [2.45, 2.75) is 32.2 Å². The molecular formula is C10H15BrN2S. The third kappa shape index (κ3) is 2.02. The van der Waals surface area contributed by atoms with Crippen molar-refractivity contribution in [1.82, 2.24) is 9.88 Å². The third-order valence-corrected chi connectivity index (χ3v) is 4.58. The second kappa shape index (κ2) is 4.29. The van der Waals surface area contributed by atoms with E-state index < -0.39 is 0 Å². The van der Waals surface area contributed by atoms with Crippen LogP contribution >= 0.6 is 27.3 Å². The number of aromatic nitrogens is 1. The highest BCUT2D eigenvalue weighted by Gasteiger charge is 2.23. The number of hydrogen-bond donors (Lipinski definition) is 0. The van der Waals surface area contributed by atoms with Gasteiger partial charge in [0.15, 0.2) is 3.92 Å². The van der Waals surface area contributed by atoms with Gasteiger partial charge < -0.3 is 4.90 Å². The first-order chi connectivity index (χ1) is 6.70. The summed E-state index contributed by atoms with van der Waals surface area (Å²) in [6, 6.07) is 0.722. The molecule has 0 aromatic carbocycles. The maximum absolute atomic E-state index is 4.49. The Bertz CT molecular complexity index is 324. The summed E-state index contributed by atoms with van der Waals surface area (Å²) in [7, 11) is 2.21. The van der Waals surface area contributed by atoms with Crippen LogP contribution in [-0.4, -0.2) is 29.5 Å². The van der Waals surface area contributed by atoms with Crippen LogP contribution in [0.2, 0.25) is 0 Å². The Hall–Kier alpha value is 0.0700. The Morgan fingerprint density at radius 3 is 3.14 bits per heavy atom. The summed E-state index contributed by atoms with van der Waals surface area (Å²) in [6.45, 7) is 3.36. The average Bonchev–Trinajstić information content (AvgIpc) is 2.55. The average molecular weight is 275 g/mol. The van der Waals surface area contributed by atoms with Crippen molar-refractivity contribution in [3.8, 4) is 0 Å². The van der Waals surface area contributed by atoms with Gasteiger partial charge in [0, 0.05) is 10.9 Å². The van der Waals surface area contributed by atoms with Crippen LogP contribution in [0.3, 0.4) is 0 Å². The van der Waals surface area contributed by atoms with Crippen LogP contribution in [0.5, 0.6) is 0 Å². The van der Waals surface area contributed by atoms with Crippen LogP contribution in [0, 0.1) is 0 Å². The summed E-state index contributed by atoms with van der Waals surface area (Å²) in [6.07, 6.45) is 3.59. The molecule has 2 rings (SSSR count). The molecule has 0 fully saturated rings. The maximum Gasteiger partial charge on any atom is 0.159 e. The van der Waals surface area contributed by atoms with Gasteiger partial charge in [0.2, 0.25) is 0 Å². The number of fused-ring (bicyclic) bond motifs is 1. The predicted molar refractivity (Wildman–Crippen MR) is 63.9 cm³/mol. The molecule has 0 saturated carbocycles. The zero-order valence-electron chi connectivity index (χ0n) is 8.59. The molecule has 1 unspecified atom stereocenters. The molecule has 0 amide bonds. The Labute approximate surface area is 97.5 Å². The Kier molecular flexibility index (Phi) is 3.24. The standard InChI is InChI=1S/C10H15BrN2S/c1-3-13(2)7-4-5-8-9(6-7)14-10(11)12-8/h7H,3-6H2,1-2H3. The second-order valence-corrected chi connectivity index (χ2v) is 6.17. The van der Waals surface area contributed by atoms with Crippen molar-refractivity contribution in [1.29, 1.82) is 0 Å². The highest BCUT2D eigenvalue weighted by Crippen LogP contribution is 2.30. The number of nitrogens with zero attached hydrogens (tertiary/aromatic N) is 2. The summed E-state index contributed by atoms with van der Waals surface area (Å²) in [5.74, 6) is 0. The molecule has 0 aliphatic heterocycles. The topological polar surface area (TPSA) is 16.1 Å². The molecule has 1 aromatic heterocycles. The molecule has 0 bridgehead atoms. The van der Waals surface area contributed by atoms with Crippen molar-refractivity contribution in [3.05, 3.63) is 14.5 Å². The molecule has 1 aliphatic rings. The van der Waals surface area contributed by atoms with E-state index in [2.05, 4.69) is 39.8 Å². The predicted octanol–water partition coefficient (Wildman–Crippen LogP) is 2.71. The van der Waals surface area contributed by atoms with Gasteiger partial charge in [-0.15, -0.1) is 11.3 Å². The van der Waals surface area contributed by atoms with Gasteiger partial charge in [0.1, 0.15) is 0 Å². The SMILES string of the molecule is CCN(C)C1CCc2nc(Br)sc2C1. The lowest BCUT2D eigenvalue weighted by atomic mass is 9.97. The molecule has 0 spiro atoms. The Morgan fingerprint density at radius 1 is 1.64 bits per heavy atom. The molecule has 4 heteroatoms. The highest BCUT2D eigenvalue weighted by molar-refractivity contribution is 9.11. The van der Waals surface area contributed by atoms with E-state index in [4.69, 9.17) is 0 Å². The Balaban J connectivity index is 2.12. The quantitative estimate of drug-likeness (QED) is 0.825. The van der Waals surface area contributed by atoms with Crippen molar-refractivity contribution >= 4 is 27.3 Å². The summed E-state index contributed by atoms with van der Waals surface area (Å²) < 4.78 is 1.04. The molecule has 1 heterocycles. The van der Waals surface area contributed by atoms with E-state index in [-0.39, 0.29) is 0 Å². The van der Waals surface area contributed by atoms with Gasteiger partial charge in [-0.2, -0.15) is 0 Å². The minimum absolute atomic E-state index is 0.722. The van der Waals surface area contributed by atoms with Crippen molar-refractivity contribution in [2.75, 3.05) is 13.6 Å². The first-order valence-electron chi connectivity index (χ1n) is 5.05. The lowest BCUT2D eigenvalue weighted by Crippen LogP contribution is -2.35. The minimum Gasteiger partial charge on any atom is -0.303 e. The first-order valence-corrected chi connectivity index (χ1v) is 6.66. The first kappa shape index (κ1) is 10.6. The lowest BCUT2D eigenvalue weighted by Gasteiger charge is -2.29. The van der Waals surface area contributed by atoms with Gasteiger partial charge in [-0.25, -0.2) is 4.98 Å². The number of thiazole rings is 1. The van der Waals surface area contributed by atoms with Crippen LogP contribution in [0.1, 0.15) is 23.9 Å². The lowest BCUT2D eigenvalue weighted by molar-refractivity contribution is 0.233. The van der Waals surface area contributed by atoms with Crippen LogP contribution in [0.15, 0.2) is 3.92 Å². The van der Waals surface area contributed by atoms with E-state index in [1.807, 2.05) is 0 Å². The molecule has 0 radical (unpaired) electrons. The number of rotatable bonds is 2. The largest absolute Gasteiger partial charge is 0.303 e. The minimum atomic E-state index is 0.722. The van der Waals surface area contributed by atoms with Crippen LogP contribution in [0.4, 0.5) is 0 Å². The fourth-order valence-electron chi connectivity index (χ4n) is 1.96. The van der Waals surface area contributed by atoms with Crippen LogP contribution in [-0.2, 0) is 12.8 Å². The molecule has 78 valence electrons. The second-order valence-electron chi connectivity index (χ2n) is 3.81. The van der Waals surface area contributed by atoms with Gasteiger partial charge in [-0.1, -0.05) is 6.92 Å². The summed E-state index contributed by atoms with van der Waals surface area (Å²) in [5.41, 5.74) is 1.32. The highest BCUT2D eigenvalue weighted by atomic mass is 79.9. The molecular weight excluding hydrogens is 260 g/mol. The van der Waals surface area contributed by atoms with Gasteiger partial charge in [0.05, 0.1) is 5.69 Å². The van der Waals surface area contributed by atoms with E-state index in [0.717, 1.165) is 22.9 Å². The fraction of sp³-hybridized carbons (Fsp3) is 0.700. The summed E-state index contributed by atoms with van der Waals surface area (Å²) >= 11 is 5.26. The smallest absolute Gasteiger partial charge is 0.159 e. The zero-order chi connectivity index (χ0) is 10.1. The Morgan fingerprint density at radius 2 is 2.43 bits per heavy atom. The monoisotopic (exact) mass is 274 g/mol. The molecule has 1 aromatic rings. The summed E-state index contributed by atoms with van der Waals surface area (Å²) in [4.78, 5) is 8.41. The zero-order valence-corrected chi connectivity index (χ0v) is 11.0. The van der Waals surface area contributed by atoms with Crippen LogP contribution < -0.4 is 0 Å². The molecule has 1 aliphatic carbocycles. The third-order valence-electron chi connectivity index (χ3n) is 3.01. The van der Waals surface area contributed by atoms with E-state index in [1.165, 1.54) is 23.4 Å². The van der Waals surface area contributed by atoms with Gasteiger partial charge >= 0.3 is 0 Å². The van der Waals surface area contributed by atoms with Crippen molar-refractivity contribution in [2.24, 2.45) is 0 Å². The van der Waals surface area contributed by atoms with Gasteiger partial charge in [-0.05, 0) is 48.8 Å². The van der Waals surface area contributed by atoms with Crippen LogP contribution in [0.25, 0.3) is 0 Å². The van der Waals surface area contributed by atoms with Gasteiger partial charge in [-0.3, -0.25) is 0 Å². The molecule has 0 saturated heterocycles. The molecule has 1 atom stereocenters. The molecule has 2 nitrogen and oxygen atoms in total. The van der Waals surface area contributed by atoms with Gasteiger partial charge in [0.25, 0.3) is 0 Å². The summed E-state index contributed by atoms with van der Waals surface area (Å²) in [5, 5.41) is 0. The normalized spacial score (nSPS) is 21.3. The maximum atomic E-state index is 4.49. The van der Waals surface area contributed by atoms with E-state index in [0.29, 0.717) is 0 Å². The number of aryl methyl sites for hydroxylation is 1. The molecule has 14 heavy (non-hydrogen) atoms. The van der Waals surface area contributed by atoms with Crippen molar-refractivity contribution < 1.29 is 0 Å². The van der Waals surface area contributed by atoms with Crippen molar-refractivity contribution in [3.63, 3.8) is 0 Å². The van der Waals surface area contributed by atoms with E-state index >= 15 is 0 Å². The molecule has 0 N–H and O–H groups in total. The number of halogens is 1. The number of hydrogen-bond acceptors (Lipinski definition) is 3. The fourth-order valence-corrected chi connectivity index (χ4v) is 3.66. The number of likely N-dealkylation sites (N-methyl/N-ethyl adjacent to an activating group) is 1. The van der Waals surface area contributed by atoms with E-state index in [9.17, 15) is 0 Å². The van der Waals surface area contributed by atoms with E-state index in [1.54, 1.807) is 11.3 Å².